The molecule has 9 heteroatoms. The van der Waals surface area contributed by atoms with Gasteiger partial charge in [-0.05, 0) is 6.92 Å². The summed E-state index contributed by atoms with van der Waals surface area (Å²) in [6.45, 7) is 0.267. The molecule has 1 amide bonds. The number of esters is 1. The first-order valence-electron chi connectivity index (χ1n) is 5.04. The van der Waals surface area contributed by atoms with E-state index in [1.165, 1.54) is 6.92 Å². The van der Waals surface area contributed by atoms with Crippen molar-refractivity contribution in [3.05, 3.63) is 0 Å². The Morgan fingerprint density at radius 2 is 2.00 bits per heavy atom. The number of amides is 1. The molecule has 0 aliphatic rings. The van der Waals surface area contributed by atoms with Gasteiger partial charge in [-0.1, -0.05) is 0 Å². The Balaban J connectivity index is 4.27. The second kappa shape index (κ2) is 7.90. The van der Waals surface area contributed by atoms with E-state index in [0.717, 1.165) is 0 Å². The van der Waals surface area contributed by atoms with Crippen molar-refractivity contribution in [2.45, 2.75) is 24.3 Å². The molecular weight excluding hydrogens is 264 g/mol. The summed E-state index contributed by atoms with van der Waals surface area (Å²) in [5.41, 5.74) is 5.12. The lowest BCUT2D eigenvalue weighted by Crippen LogP contribution is -2.47. The van der Waals surface area contributed by atoms with Crippen molar-refractivity contribution >= 4 is 30.5 Å². The number of hydrogen-bond donors (Lipinski definition) is 5. The number of nitrogens with two attached hydrogens (primary N) is 1. The standard InChI is InChI=1S/C9H16N2O6S/c1-4(18)7(13)11-6(2-12)9(16)17-3-5(10)8(14)15/h4-6,12,18H,2-3,10H2,1H3,(H,11,13)(H,14,15)/t4?,5-,6-/m0/s1. The van der Waals surface area contributed by atoms with Crippen LogP contribution >= 0.6 is 12.6 Å². The number of ether oxygens (including phenoxy) is 1. The number of carboxylic acids is 1. The molecule has 18 heavy (non-hydrogen) atoms. The van der Waals surface area contributed by atoms with Crippen LogP contribution in [0.25, 0.3) is 0 Å². The van der Waals surface area contributed by atoms with Gasteiger partial charge in [-0.25, -0.2) is 4.79 Å². The molecule has 0 heterocycles. The third kappa shape index (κ3) is 5.84. The van der Waals surface area contributed by atoms with Gasteiger partial charge in [0.25, 0.3) is 0 Å². The van der Waals surface area contributed by atoms with E-state index in [0.29, 0.717) is 0 Å². The van der Waals surface area contributed by atoms with Gasteiger partial charge in [0.2, 0.25) is 5.91 Å². The number of carboxylic acid groups (broad SMARTS) is 1. The minimum Gasteiger partial charge on any atom is -0.480 e. The van der Waals surface area contributed by atoms with Crippen LogP contribution in [-0.4, -0.2) is 58.6 Å². The molecule has 5 N–H and O–H groups in total. The highest BCUT2D eigenvalue weighted by Gasteiger charge is 2.24. The Hall–Kier alpha value is -1.32. The first-order chi connectivity index (χ1) is 8.29. The molecule has 0 saturated heterocycles. The summed E-state index contributed by atoms with van der Waals surface area (Å²) < 4.78 is 4.55. The van der Waals surface area contributed by atoms with Crippen LogP contribution in [-0.2, 0) is 19.1 Å². The minimum absolute atomic E-state index is 0.545. The lowest BCUT2D eigenvalue weighted by molar-refractivity contribution is -0.151. The summed E-state index contributed by atoms with van der Waals surface area (Å²) in [6, 6.07) is -2.62. The molecule has 0 aromatic carbocycles. The smallest absolute Gasteiger partial charge is 0.331 e. The molecule has 8 nitrogen and oxygen atoms in total. The molecule has 0 aliphatic heterocycles. The molecule has 0 aliphatic carbocycles. The fourth-order valence-electron chi connectivity index (χ4n) is 0.815. The van der Waals surface area contributed by atoms with E-state index in [1.54, 1.807) is 0 Å². The van der Waals surface area contributed by atoms with Crippen molar-refractivity contribution in [2.75, 3.05) is 13.2 Å². The summed E-state index contributed by atoms with van der Waals surface area (Å²) in [6.07, 6.45) is 0. The Morgan fingerprint density at radius 3 is 2.39 bits per heavy atom. The van der Waals surface area contributed by atoms with E-state index in [4.69, 9.17) is 15.9 Å². The van der Waals surface area contributed by atoms with Gasteiger partial charge in [0, 0.05) is 0 Å². The van der Waals surface area contributed by atoms with Gasteiger partial charge >= 0.3 is 11.9 Å². The van der Waals surface area contributed by atoms with Gasteiger partial charge in [-0.2, -0.15) is 12.6 Å². The van der Waals surface area contributed by atoms with E-state index in [9.17, 15) is 14.4 Å². The summed E-state index contributed by atoms with van der Waals surface area (Å²) in [5, 5.41) is 18.9. The van der Waals surface area contributed by atoms with E-state index >= 15 is 0 Å². The number of carbonyl (C=O) groups is 3. The lowest BCUT2D eigenvalue weighted by atomic mass is 10.3. The SMILES string of the molecule is CC(S)C(=O)N[C@@H](CO)C(=O)OC[C@H](N)C(=O)O. The van der Waals surface area contributed by atoms with Gasteiger partial charge in [-0.15, -0.1) is 0 Å². The third-order valence-electron chi connectivity index (χ3n) is 1.89. The molecule has 3 atom stereocenters. The average molecular weight is 280 g/mol. The quantitative estimate of drug-likeness (QED) is 0.262. The van der Waals surface area contributed by atoms with Crippen LogP contribution < -0.4 is 11.1 Å². The maximum Gasteiger partial charge on any atom is 0.331 e. The zero-order chi connectivity index (χ0) is 14.3. The Kier molecular flexibility index (Phi) is 7.32. The van der Waals surface area contributed by atoms with Gasteiger partial charge in [0.15, 0.2) is 6.04 Å². The number of aliphatic carboxylic acids is 1. The maximum absolute atomic E-state index is 11.4. The van der Waals surface area contributed by atoms with Gasteiger partial charge < -0.3 is 26.0 Å². The van der Waals surface area contributed by atoms with Crippen molar-refractivity contribution in [2.24, 2.45) is 5.73 Å². The molecule has 0 saturated carbocycles. The highest BCUT2D eigenvalue weighted by Crippen LogP contribution is 1.96. The monoisotopic (exact) mass is 280 g/mol. The fraction of sp³-hybridized carbons (Fsp3) is 0.667. The molecule has 0 aromatic heterocycles. The van der Waals surface area contributed by atoms with Gasteiger partial charge in [0.1, 0.15) is 12.6 Å². The summed E-state index contributed by atoms with van der Waals surface area (Å²) in [7, 11) is 0. The molecule has 0 aromatic rings. The molecule has 0 fully saturated rings. The van der Waals surface area contributed by atoms with Crippen LogP contribution in [0.4, 0.5) is 0 Å². The number of hydrogen-bond acceptors (Lipinski definition) is 7. The second-order valence-electron chi connectivity index (χ2n) is 3.49. The molecule has 0 spiro atoms. The van der Waals surface area contributed by atoms with Gasteiger partial charge in [0.05, 0.1) is 11.9 Å². The van der Waals surface area contributed by atoms with Gasteiger partial charge in [-0.3, -0.25) is 9.59 Å². The number of aliphatic hydroxyl groups excluding tert-OH is 1. The Labute approximate surface area is 109 Å². The zero-order valence-corrected chi connectivity index (χ0v) is 10.6. The molecule has 1 unspecified atom stereocenters. The Bertz CT molecular complexity index is 322. The maximum atomic E-state index is 11.4. The zero-order valence-electron chi connectivity index (χ0n) is 9.70. The van der Waals surface area contributed by atoms with E-state index in [2.05, 4.69) is 22.7 Å². The highest BCUT2D eigenvalue weighted by atomic mass is 32.1. The molecular formula is C9H16N2O6S. The second-order valence-corrected chi connectivity index (χ2v) is 4.27. The molecule has 0 rings (SSSR count). The number of rotatable bonds is 7. The number of aliphatic hydroxyl groups is 1. The number of carbonyl (C=O) groups excluding carboxylic acids is 2. The highest BCUT2D eigenvalue weighted by molar-refractivity contribution is 7.81. The normalized spacial score (nSPS) is 15.3. The minimum atomic E-state index is -1.35. The topological polar surface area (TPSA) is 139 Å². The van der Waals surface area contributed by atoms with E-state index in [1.807, 2.05) is 0 Å². The van der Waals surface area contributed by atoms with Crippen LogP contribution in [0.1, 0.15) is 6.92 Å². The lowest BCUT2D eigenvalue weighted by Gasteiger charge is -2.17. The first kappa shape index (κ1) is 16.7. The van der Waals surface area contributed by atoms with E-state index < -0.39 is 48.4 Å². The Morgan fingerprint density at radius 1 is 1.44 bits per heavy atom. The molecule has 0 bridgehead atoms. The third-order valence-corrected chi connectivity index (χ3v) is 2.12. The fourth-order valence-corrected chi connectivity index (χ4v) is 0.890. The first-order valence-corrected chi connectivity index (χ1v) is 5.55. The predicted molar refractivity (Wildman–Crippen MR) is 64.0 cm³/mol. The van der Waals surface area contributed by atoms with Crippen LogP contribution in [0.3, 0.4) is 0 Å². The molecule has 0 radical (unpaired) electrons. The summed E-state index contributed by atoms with van der Waals surface area (Å²) in [4.78, 5) is 33.0. The average Bonchev–Trinajstić information content (AvgIpc) is 2.31. The predicted octanol–water partition coefficient (Wildman–Crippen LogP) is -2.26. The van der Waals surface area contributed by atoms with Crippen LogP contribution in [0.2, 0.25) is 0 Å². The van der Waals surface area contributed by atoms with E-state index in [-0.39, 0.29) is 0 Å². The summed E-state index contributed by atoms with van der Waals surface area (Å²) >= 11 is 3.84. The van der Waals surface area contributed by atoms with Crippen LogP contribution in [0.15, 0.2) is 0 Å². The van der Waals surface area contributed by atoms with Crippen LogP contribution in [0, 0.1) is 0 Å². The van der Waals surface area contributed by atoms with Crippen LogP contribution in [0.5, 0.6) is 0 Å². The van der Waals surface area contributed by atoms with Crippen molar-refractivity contribution in [1.82, 2.24) is 5.32 Å². The van der Waals surface area contributed by atoms with Crippen molar-refractivity contribution in [3.8, 4) is 0 Å². The van der Waals surface area contributed by atoms with Crippen molar-refractivity contribution in [3.63, 3.8) is 0 Å². The van der Waals surface area contributed by atoms with Crippen molar-refractivity contribution in [1.29, 1.82) is 0 Å². The number of thiol groups is 1. The number of nitrogens with one attached hydrogen (secondary N) is 1. The summed E-state index contributed by atoms with van der Waals surface area (Å²) in [5.74, 6) is -2.84. The largest absolute Gasteiger partial charge is 0.480 e. The van der Waals surface area contributed by atoms with Crippen molar-refractivity contribution < 1.29 is 29.3 Å². The molecule has 104 valence electrons.